The largest absolute Gasteiger partial charge is 0.508 e. The highest BCUT2D eigenvalue weighted by Crippen LogP contribution is 2.37. The first kappa shape index (κ1) is 52.3. The van der Waals surface area contributed by atoms with Crippen LogP contribution in [0.1, 0.15) is 36.0 Å². The van der Waals surface area contributed by atoms with Gasteiger partial charge in [-0.2, -0.15) is 0 Å². The molecule has 0 aliphatic heterocycles. The van der Waals surface area contributed by atoms with Gasteiger partial charge in [0.25, 0.3) is 0 Å². The Bertz CT molecular complexity index is 1490. The fraction of sp³-hybridized carbons (Fsp3) is 0.565. The molecule has 0 aliphatic rings. The van der Waals surface area contributed by atoms with Gasteiger partial charge in [0.1, 0.15) is 19.0 Å². The minimum Gasteiger partial charge on any atom is -0.508 e. The molecule has 0 saturated carbocycles. The molecule has 0 aliphatic carbocycles. The number of hydrogen-bond acceptors (Lipinski definition) is 14. The first-order valence-electron chi connectivity index (χ1n) is 21.6. The van der Waals surface area contributed by atoms with E-state index in [1.54, 1.807) is 12.1 Å². The highest BCUT2D eigenvalue weighted by atomic mass is 16.6. The predicted octanol–water partition coefficient (Wildman–Crippen LogP) is 2.78. The summed E-state index contributed by atoms with van der Waals surface area (Å²) in [6.07, 6.45) is 2.58. The van der Waals surface area contributed by atoms with Gasteiger partial charge in [-0.3, -0.25) is 14.9 Å². The molecule has 16 heteroatoms. The average Bonchev–Trinajstić information content (AvgIpc) is 3.29. The smallest absolute Gasteiger partial charge is 0.246 e. The minimum absolute atomic E-state index is 0.194. The van der Waals surface area contributed by atoms with Gasteiger partial charge in [-0.05, 0) is 48.2 Å². The van der Waals surface area contributed by atoms with Crippen molar-refractivity contribution in [3.8, 4) is 5.75 Å². The number of aromatic hydroxyl groups is 1. The van der Waals surface area contributed by atoms with Gasteiger partial charge in [-0.15, -0.1) is 0 Å². The van der Waals surface area contributed by atoms with Crippen LogP contribution in [0.3, 0.4) is 0 Å². The van der Waals surface area contributed by atoms with Gasteiger partial charge in [0.2, 0.25) is 11.8 Å². The molecule has 0 spiro atoms. The van der Waals surface area contributed by atoms with E-state index in [1.165, 1.54) is 0 Å². The molecule has 62 heavy (non-hydrogen) atoms. The summed E-state index contributed by atoms with van der Waals surface area (Å²) in [6, 6.07) is 28.0. The minimum atomic E-state index is -0.612. The zero-order valence-electron chi connectivity index (χ0n) is 36.3. The van der Waals surface area contributed by atoms with Crippen LogP contribution in [-0.2, 0) is 57.8 Å². The van der Waals surface area contributed by atoms with Gasteiger partial charge in [0.15, 0.2) is 0 Å². The predicted molar refractivity (Wildman–Crippen MR) is 235 cm³/mol. The Hall–Kier alpha value is -4.04. The number of rotatable bonds is 40. The van der Waals surface area contributed by atoms with E-state index >= 15 is 0 Å². The lowest BCUT2D eigenvalue weighted by Crippen LogP contribution is -2.45. The van der Waals surface area contributed by atoms with Crippen molar-refractivity contribution in [2.45, 2.75) is 24.8 Å². The number of carbonyl (C=O) groups excluding carboxylic acids is 2. The molecule has 2 amide bonds. The maximum Gasteiger partial charge on any atom is 0.246 e. The fourth-order valence-electron chi connectivity index (χ4n) is 6.15. The van der Waals surface area contributed by atoms with E-state index in [2.05, 4.69) is 40.2 Å². The second-order valence-corrected chi connectivity index (χ2v) is 13.9. The maximum absolute atomic E-state index is 12.3. The van der Waals surface area contributed by atoms with Gasteiger partial charge in [-0.1, -0.05) is 79.2 Å². The molecule has 0 aromatic heterocycles. The third kappa shape index (κ3) is 23.4. The first-order valence-corrected chi connectivity index (χ1v) is 21.6. The lowest BCUT2D eigenvalue weighted by Gasteiger charge is -2.37. The SMILES string of the molecule is NCCOCCOCCOCCOCCOCCOCCOCCOCCNC(=O)COCC(=O)NCCCCCNC(c1ccccc1)(c1ccccc1)c1ccc(O)cc1. The standard InChI is InChI=1S/C46H70N4O12/c47-18-22-54-24-26-56-28-30-58-32-34-60-36-37-61-35-33-59-31-29-57-27-25-55-23-21-49-45(53)39-62-38-44(52)48-19-8-3-9-20-50-46(40-10-4-1-5-11-40,41-12-6-2-7-13-41)42-14-16-43(51)17-15-42/h1-2,4-7,10-17,50-51H,3,8-9,18-39,47H2,(H,48,52)(H,49,53). The summed E-state index contributed by atoms with van der Waals surface area (Å²) >= 11 is 0. The van der Waals surface area contributed by atoms with Gasteiger partial charge in [0.05, 0.1) is 111 Å². The highest BCUT2D eigenvalue weighted by molar-refractivity contribution is 5.79. The lowest BCUT2D eigenvalue weighted by molar-refractivity contribution is -0.131. The van der Waals surface area contributed by atoms with Crippen molar-refractivity contribution in [1.82, 2.24) is 16.0 Å². The molecule has 0 fully saturated rings. The summed E-state index contributed by atoms with van der Waals surface area (Å²) in [5.74, 6) is -0.371. The maximum atomic E-state index is 12.3. The van der Waals surface area contributed by atoms with Crippen molar-refractivity contribution < 1.29 is 57.3 Å². The quantitative estimate of drug-likeness (QED) is 0.0413. The van der Waals surface area contributed by atoms with Crippen molar-refractivity contribution in [2.24, 2.45) is 5.73 Å². The number of ether oxygens (including phenoxy) is 9. The number of phenols is 1. The number of hydrogen-bond donors (Lipinski definition) is 5. The van der Waals surface area contributed by atoms with E-state index in [9.17, 15) is 14.7 Å². The zero-order valence-corrected chi connectivity index (χ0v) is 36.3. The first-order chi connectivity index (χ1) is 30.6. The number of benzene rings is 3. The van der Waals surface area contributed by atoms with Crippen molar-refractivity contribution in [1.29, 1.82) is 0 Å². The Morgan fingerprint density at radius 3 is 1.24 bits per heavy atom. The summed E-state index contributed by atoms with van der Waals surface area (Å²) in [4.78, 5) is 24.3. The molecule has 3 aromatic rings. The fourth-order valence-corrected chi connectivity index (χ4v) is 6.15. The monoisotopic (exact) mass is 870 g/mol. The third-order valence-corrected chi connectivity index (χ3v) is 9.18. The normalized spacial score (nSPS) is 11.5. The number of unbranched alkanes of at least 4 members (excludes halogenated alkanes) is 2. The third-order valence-electron chi connectivity index (χ3n) is 9.18. The number of phenolic OH excluding ortho intramolecular Hbond substituents is 1. The van der Waals surface area contributed by atoms with Crippen LogP contribution < -0.4 is 21.7 Å². The summed E-state index contributed by atoms with van der Waals surface area (Å²) < 4.78 is 48.7. The second kappa shape index (κ2) is 35.4. The Morgan fingerprint density at radius 1 is 0.435 bits per heavy atom. The molecule has 16 nitrogen and oxygen atoms in total. The van der Waals surface area contributed by atoms with Crippen molar-refractivity contribution in [3.63, 3.8) is 0 Å². The van der Waals surface area contributed by atoms with E-state index in [4.69, 9.17) is 48.4 Å². The highest BCUT2D eigenvalue weighted by Gasteiger charge is 2.35. The van der Waals surface area contributed by atoms with Crippen molar-refractivity contribution >= 4 is 11.8 Å². The van der Waals surface area contributed by atoms with Crippen LogP contribution in [0.25, 0.3) is 0 Å². The molecule has 3 aromatic carbocycles. The zero-order chi connectivity index (χ0) is 44.0. The Morgan fingerprint density at radius 2 is 0.806 bits per heavy atom. The molecule has 6 N–H and O–H groups in total. The van der Waals surface area contributed by atoms with Crippen molar-refractivity contribution in [2.75, 3.05) is 145 Å². The molecule has 3 rings (SSSR count). The van der Waals surface area contributed by atoms with E-state index in [0.29, 0.717) is 125 Å². The molecular weight excluding hydrogens is 801 g/mol. The molecule has 0 heterocycles. The van der Waals surface area contributed by atoms with E-state index in [-0.39, 0.29) is 30.8 Å². The Kier molecular flexibility index (Phi) is 29.9. The molecule has 0 saturated heterocycles. The van der Waals surface area contributed by atoms with Crippen LogP contribution in [-0.4, -0.2) is 162 Å². The van der Waals surface area contributed by atoms with Gasteiger partial charge >= 0.3 is 0 Å². The Labute approximate surface area is 367 Å². The van der Waals surface area contributed by atoms with E-state index in [1.807, 2.05) is 48.5 Å². The van der Waals surface area contributed by atoms with Gasteiger partial charge in [0, 0.05) is 19.6 Å². The number of nitrogens with two attached hydrogens (primary N) is 1. The average molecular weight is 871 g/mol. The summed E-state index contributed by atoms with van der Waals surface area (Å²) in [6.45, 7) is 9.19. The number of carbonyl (C=O) groups is 2. The van der Waals surface area contributed by atoms with Crippen LogP contribution in [0.2, 0.25) is 0 Å². The van der Waals surface area contributed by atoms with Gasteiger partial charge < -0.3 is 64.1 Å². The van der Waals surface area contributed by atoms with Crippen molar-refractivity contribution in [3.05, 3.63) is 102 Å². The van der Waals surface area contributed by atoms with Crippen LogP contribution in [0.5, 0.6) is 5.75 Å². The molecule has 0 atom stereocenters. The van der Waals surface area contributed by atoms with Crippen LogP contribution in [0, 0.1) is 0 Å². The molecule has 0 unspecified atom stereocenters. The lowest BCUT2D eigenvalue weighted by atomic mass is 9.77. The molecular formula is C46H70N4O12. The van der Waals surface area contributed by atoms with Crippen LogP contribution in [0.15, 0.2) is 84.9 Å². The number of amides is 2. The van der Waals surface area contributed by atoms with Crippen LogP contribution >= 0.6 is 0 Å². The topological polar surface area (TPSA) is 200 Å². The number of nitrogens with one attached hydrogen (secondary N) is 3. The Balaban J connectivity index is 1.08. The summed E-state index contributed by atoms with van der Waals surface area (Å²) in [5.41, 5.74) is 7.95. The van der Waals surface area contributed by atoms with Crippen LogP contribution in [0.4, 0.5) is 0 Å². The second-order valence-electron chi connectivity index (χ2n) is 13.9. The van der Waals surface area contributed by atoms with E-state index < -0.39 is 5.54 Å². The molecule has 0 radical (unpaired) electrons. The molecule has 346 valence electrons. The summed E-state index contributed by atoms with van der Waals surface area (Å²) in [7, 11) is 0. The summed E-state index contributed by atoms with van der Waals surface area (Å²) in [5, 5.41) is 19.4. The van der Waals surface area contributed by atoms with E-state index in [0.717, 1.165) is 42.5 Å². The van der Waals surface area contributed by atoms with Gasteiger partial charge in [-0.25, -0.2) is 0 Å². The molecule has 0 bridgehead atoms.